The quantitative estimate of drug-likeness (QED) is 0.441. The first-order chi connectivity index (χ1) is 5.41. The second-order valence-electron chi connectivity index (χ2n) is 3.03. The molecule has 1 N–H and O–H groups in total. The Morgan fingerprint density at radius 3 is 2.00 bits per heavy atom. The predicted molar refractivity (Wildman–Crippen MR) is 50.8 cm³/mol. The van der Waals surface area contributed by atoms with E-state index >= 15 is 0 Å². The van der Waals surface area contributed by atoms with Gasteiger partial charge in [0.1, 0.15) is 0 Å². The van der Waals surface area contributed by atoms with E-state index in [1.165, 1.54) is 44.9 Å². The van der Waals surface area contributed by atoms with Crippen LogP contribution in [0.15, 0.2) is 0 Å². The van der Waals surface area contributed by atoms with E-state index in [9.17, 15) is 0 Å². The molecule has 0 aromatic heterocycles. The minimum absolute atomic E-state index is 0.170. The number of hydrogen-bond donors (Lipinski definition) is 1. The Morgan fingerprint density at radius 1 is 0.909 bits per heavy atom. The van der Waals surface area contributed by atoms with E-state index in [1.54, 1.807) is 0 Å². The van der Waals surface area contributed by atoms with Gasteiger partial charge in [0.2, 0.25) is 9.76 Å². The van der Waals surface area contributed by atoms with E-state index in [4.69, 9.17) is 4.80 Å². The lowest BCUT2D eigenvalue weighted by atomic mass is 10.1. The highest BCUT2D eigenvalue weighted by atomic mass is 28.2. The summed E-state index contributed by atoms with van der Waals surface area (Å²) in [6, 6.07) is 1.02. The molecular formula is C9H20OSi. The molecule has 0 aliphatic heterocycles. The van der Waals surface area contributed by atoms with Crippen molar-refractivity contribution in [3.05, 3.63) is 0 Å². The van der Waals surface area contributed by atoms with Crippen LogP contribution in [0, 0.1) is 0 Å². The molecule has 0 amide bonds. The maximum Gasteiger partial charge on any atom is 0.224 e. The van der Waals surface area contributed by atoms with Crippen molar-refractivity contribution >= 4 is 9.76 Å². The molecule has 0 spiro atoms. The largest absolute Gasteiger partial charge is 0.432 e. The SMILES string of the molecule is CCCCCCCCC[Si]O. The van der Waals surface area contributed by atoms with Gasteiger partial charge in [0, 0.05) is 0 Å². The van der Waals surface area contributed by atoms with Gasteiger partial charge in [-0.15, -0.1) is 0 Å². The van der Waals surface area contributed by atoms with Crippen molar-refractivity contribution in [2.75, 3.05) is 0 Å². The second-order valence-corrected chi connectivity index (χ2v) is 3.85. The molecule has 0 rings (SSSR count). The van der Waals surface area contributed by atoms with E-state index < -0.39 is 0 Å². The minimum Gasteiger partial charge on any atom is -0.432 e. The maximum atomic E-state index is 8.53. The molecule has 11 heavy (non-hydrogen) atoms. The van der Waals surface area contributed by atoms with Gasteiger partial charge in [-0.25, -0.2) is 0 Å². The van der Waals surface area contributed by atoms with Crippen molar-refractivity contribution < 1.29 is 4.80 Å². The third-order valence-corrected chi connectivity index (χ3v) is 2.47. The summed E-state index contributed by atoms with van der Waals surface area (Å²) in [5, 5.41) is 0. The Bertz CT molecular complexity index is 58.6. The molecule has 0 heterocycles. The van der Waals surface area contributed by atoms with Gasteiger partial charge in [-0.1, -0.05) is 51.9 Å². The lowest BCUT2D eigenvalue weighted by Gasteiger charge is -1.98. The van der Waals surface area contributed by atoms with Gasteiger partial charge in [-0.05, 0) is 6.04 Å². The van der Waals surface area contributed by atoms with E-state index in [0.717, 1.165) is 6.04 Å². The van der Waals surface area contributed by atoms with Crippen LogP contribution in [0.2, 0.25) is 6.04 Å². The van der Waals surface area contributed by atoms with Crippen LogP contribution >= 0.6 is 0 Å². The smallest absolute Gasteiger partial charge is 0.224 e. The zero-order chi connectivity index (χ0) is 8.36. The molecular weight excluding hydrogens is 152 g/mol. The van der Waals surface area contributed by atoms with Crippen LogP contribution in [-0.4, -0.2) is 14.6 Å². The molecule has 0 saturated carbocycles. The standard InChI is InChI=1S/C9H20OSi/c1-2-3-4-5-6-7-8-9-11-10/h10H,2-9H2,1H3. The van der Waals surface area contributed by atoms with Crippen LogP contribution in [0.4, 0.5) is 0 Å². The van der Waals surface area contributed by atoms with Gasteiger partial charge in [-0.2, -0.15) is 0 Å². The van der Waals surface area contributed by atoms with E-state index in [2.05, 4.69) is 6.92 Å². The summed E-state index contributed by atoms with van der Waals surface area (Å²) in [5.41, 5.74) is 0. The first-order valence-electron chi connectivity index (χ1n) is 4.78. The number of rotatable bonds is 8. The van der Waals surface area contributed by atoms with Crippen molar-refractivity contribution in [2.24, 2.45) is 0 Å². The van der Waals surface area contributed by atoms with Crippen LogP contribution in [0.25, 0.3) is 0 Å². The monoisotopic (exact) mass is 172 g/mol. The predicted octanol–water partition coefficient (Wildman–Crippen LogP) is 2.77. The molecule has 0 aromatic carbocycles. The topological polar surface area (TPSA) is 20.2 Å². The van der Waals surface area contributed by atoms with E-state index in [0.29, 0.717) is 0 Å². The number of unbranched alkanes of at least 4 members (excludes halogenated alkanes) is 6. The zero-order valence-corrected chi connectivity index (χ0v) is 8.60. The Morgan fingerprint density at radius 2 is 1.45 bits per heavy atom. The third kappa shape index (κ3) is 10.2. The summed E-state index contributed by atoms with van der Waals surface area (Å²) in [4.78, 5) is 8.53. The average Bonchev–Trinajstić information content (AvgIpc) is 2.03. The van der Waals surface area contributed by atoms with Crippen molar-refractivity contribution in [2.45, 2.75) is 57.9 Å². The first-order valence-corrected chi connectivity index (χ1v) is 5.94. The molecule has 2 heteroatoms. The zero-order valence-electron chi connectivity index (χ0n) is 7.60. The van der Waals surface area contributed by atoms with Crippen LogP contribution in [0.1, 0.15) is 51.9 Å². The normalized spacial score (nSPS) is 10.4. The fourth-order valence-corrected chi connectivity index (χ4v) is 1.57. The highest BCUT2D eigenvalue weighted by Crippen LogP contribution is 2.07. The maximum absolute atomic E-state index is 8.53. The Balaban J connectivity index is 2.69. The van der Waals surface area contributed by atoms with Crippen molar-refractivity contribution in [1.29, 1.82) is 0 Å². The summed E-state index contributed by atoms with van der Waals surface area (Å²) in [6.45, 7) is 2.24. The number of hydrogen-bond acceptors (Lipinski definition) is 1. The van der Waals surface area contributed by atoms with E-state index in [1.807, 2.05) is 0 Å². The Kier molecular flexibility index (Phi) is 10.3. The molecule has 0 fully saturated rings. The third-order valence-electron chi connectivity index (χ3n) is 1.89. The van der Waals surface area contributed by atoms with Gasteiger partial charge in [0.15, 0.2) is 0 Å². The van der Waals surface area contributed by atoms with Crippen molar-refractivity contribution in [3.63, 3.8) is 0 Å². The molecule has 1 nitrogen and oxygen atoms in total. The van der Waals surface area contributed by atoms with Crippen LogP contribution < -0.4 is 0 Å². The summed E-state index contributed by atoms with van der Waals surface area (Å²) in [5.74, 6) is 0. The summed E-state index contributed by atoms with van der Waals surface area (Å²) in [7, 11) is 0.170. The van der Waals surface area contributed by atoms with Gasteiger partial charge >= 0.3 is 0 Å². The Labute approximate surface area is 73.2 Å². The molecule has 0 atom stereocenters. The lowest BCUT2D eigenvalue weighted by Crippen LogP contribution is -1.86. The molecule has 0 aliphatic rings. The van der Waals surface area contributed by atoms with Crippen molar-refractivity contribution in [3.8, 4) is 0 Å². The summed E-state index contributed by atoms with van der Waals surface area (Å²) in [6.07, 6.45) is 9.42. The second kappa shape index (κ2) is 10.2. The first kappa shape index (κ1) is 11.2. The van der Waals surface area contributed by atoms with Gasteiger partial charge < -0.3 is 4.80 Å². The fraction of sp³-hybridized carbons (Fsp3) is 1.00. The van der Waals surface area contributed by atoms with Gasteiger partial charge in [-0.3, -0.25) is 0 Å². The van der Waals surface area contributed by atoms with Gasteiger partial charge in [0.05, 0.1) is 0 Å². The Hall–Kier alpha value is 0.177. The van der Waals surface area contributed by atoms with Crippen LogP contribution in [0.3, 0.4) is 0 Å². The van der Waals surface area contributed by atoms with E-state index in [-0.39, 0.29) is 9.76 Å². The average molecular weight is 172 g/mol. The molecule has 0 aliphatic carbocycles. The molecule has 0 bridgehead atoms. The molecule has 0 saturated heterocycles. The highest BCUT2D eigenvalue weighted by molar-refractivity contribution is 6.25. The molecule has 0 unspecified atom stereocenters. The molecule has 66 valence electrons. The minimum atomic E-state index is 0.170. The summed E-state index contributed by atoms with van der Waals surface area (Å²) >= 11 is 0. The summed E-state index contributed by atoms with van der Waals surface area (Å²) < 4.78 is 0. The highest BCUT2D eigenvalue weighted by Gasteiger charge is 1.90. The fourth-order valence-electron chi connectivity index (χ4n) is 1.16. The lowest BCUT2D eigenvalue weighted by molar-refractivity contribution is 0.575. The van der Waals surface area contributed by atoms with Crippen LogP contribution in [0.5, 0.6) is 0 Å². The van der Waals surface area contributed by atoms with Crippen molar-refractivity contribution in [1.82, 2.24) is 0 Å². The van der Waals surface area contributed by atoms with Crippen LogP contribution in [-0.2, 0) is 0 Å². The van der Waals surface area contributed by atoms with Gasteiger partial charge in [0.25, 0.3) is 0 Å². The molecule has 0 aromatic rings. The molecule has 2 radical (unpaired) electrons.